The average molecular weight is 386 g/mol. The predicted molar refractivity (Wildman–Crippen MR) is 94.6 cm³/mol. The summed E-state index contributed by atoms with van der Waals surface area (Å²) in [6, 6.07) is 9.30. The molecule has 0 aliphatic rings. The van der Waals surface area contributed by atoms with Crippen LogP contribution < -0.4 is 10.6 Å². The zero-order valence-electron chi connectivity index (χ0n) is 13.6. The molecule has 25 heavy (non-hydrogen) atoms. The minimum Gasteiger partial charge on any atom is -0.334 e. The molecule has 0 aliphatic heterocycles. The number of nitrogens with one attached hydrogen (secondary N) is 2. The molecule has 0 saturated carbocycles. The third kappa shape index (κ3) is 4.91. The Morgan fingerprint density at radius 3 is 2.36 bits per heavy atom. The lowest BCUT2D eigenvalue weighted by Gasteiger charge is -2.12. The summed E-state index contributed by atoms with van der Waals surface area (Å²) in [4.78, 5) is 12.0. The van der Waals surface area contributed by atoms with Gasteiger partial charge in [-0.3, -0.25) is 0 Å². The van der Waals surface area contributed by atoms with Crippen LogP contribution >= 0.6 is 11.6 Å². The summed E-state index contributed by atoms with van der Waals surface area (Å²) in [5.41, 5.74) is 1.01. The van der Waals surface area contributed by atoms with Gasteiger partial charge in [0, 0.05) is 20.6 Å². The fourth-order valence-corrected chi connectivity index (χ4v) is 3.05. The highest BCUT2D eigenvalue weighted by atomic mass is 35.5. The lowest BCUT2D eigenvalue weighted by atomic mass is 10.2. The number of hydrogen-bond acceptors (Lipinski definition) is 3. The van der Waals surface area contributed by atoms with Gasteiger partial charge in [-0.05, 0) is 35.9 Å². The minimum absolute atomic E-state index is 0.0911. The van der Waals surface area contributed by atoms with Gasteiger partial charge < -0.3 is 10.6 Å². The van der Waals surface area contributed by atoms with E-state index in [9.17, 15) is 17.6 Å². The number of rotatable bonds is 5. The molecule has 9 heteroatoms. The van der Waals surface area contributed by atoms with Crippen LogP contribution in [0.1, 0.15) is 5.56 Å². The summed E-state index contributed by atoms with van der Waals surface area (Å²) in [6.07, 6.45) is 0. The van der Waals surface area contributed by atoms with E-state index in [0.29, 0.717) is 0 Å². The Hall–Kier alpha value is -2.16. The molecule has 134 valence electrons. The van der Waals surface area contributed by atoms with E-state index in [0.717, 1.165) is 15.9 Å². The highest BCUT2D eigenvalue weighted by Crippen LogP contribution is 2.22. The molecule has 0 aromatic heterocycles. The van der Waals surface area contributed by atoms with Crippen LogP contribution in [0.4, 0.5) is 14.9 Å². The van der Waals surface area contributed by atoms with Gasteiger partial charge in [0.15, 0.2) is 0 Å². The van der Waals surface area contributed by atoms with Gasteiger partial charge in [-0.2, -0.15) is 0 Å². The standard InChI is InChI=1S/C16H17ClFN3O3S/c1-21(2)25(23,24)13-6-3-11(4-7-13)10-19-16(22)20-15-8-5-12(18)9-14(15)17/h3-9H,10H2,1-2H3,(H2,19,20,22). The molecule has 0 bridgehead atoms. The zero-order valence-corrected chi connectivity index (χ0v) is 15.2. The second-order valence-electron chi connectivity index (χ2n) is 5.36. The molecule has 0 spiro atoms. The van der Waals surface area contributed by atoms with Crippen LogP contribution in [0.25, 0.3) is 0 Å². The Kier molecular flexibility index (Phi) is 5.99. The van der Waals surface area contributed by atoms with Crippen molar-refractivity contribution in [3.63, 3.8) is 0 Å². The van der Waals surface area contributed by atoms with Crippen molar-refractivity contribution < 1.29 is 17.6 Å². The van der Waals surface area contributed by atoms with Crippen molar-refractivity contribution in [2.24, 2.45) is 0 Å². The number of amides is 2. The maximum Gasteiger partial charge on any atom is 0.319 e. The molecule has 0 aliphatic carbocycles. The molecule has 0 saturated heterocycles. The first-order valence-electron chi connectivity index (χ1n) is 7.21. The average Bonchev–Trinajstić information content (AvgIpc) is 2.56. The lowest BCUT2D eigenvalue weighted by molar-refractivity contribution is 0.251. The molecule has 0 heterocycles. The van der Waals surface area contributed by atoms with Crippen molar-refractivity contribution >= 4 is 33.3 Å². The Bertz CT molecular complexity index is 871. The summed E-state index contributed by atoms with van der Waals surface area (Å²) in [6.45, 7) is 0.187. The fraction of sp³-hybridized carbons (Fsp3) is 0.188. The van der Waals surface area contributed by atoms with Gasteiger partial charge in [0.05, 0.1) is 15.6 Å². The largest absolute Gasteiger partial charge is 0.334 e. The second-order valence-corrected chi connectivity index (χ2v) is 7.92. The van der Waals surface area contributed by atoms with Crippen LogP contribution in [0.2, 0.25) is 5.02 Å². The molecule has 0 fully saturated rings. The van der Waals surface area contributed by atoms with Crippen molar-refractivity contribution in [1.29, 1.82) is 0 Å². The maximum atomic E-state index is 13.0. The monoisotopic (exact) mass is 385 g/mol. The number of carbonyl (C=O) groups excluding carboxylic acids is 1. The SMILES string of the molecule is CN(C)S(=O)(=O)c1ccc(CNC(=O)Nc2ccc(F)cc2Cl)cc1. The Morgan fingerprint density at radius 1 is 1.16 bits per heavy atom. The number of carbonyl (C=O) groups is 1. The summed E-state index contributed by atoms with van der Waals surface area (Å²) < 4.78 is 38.0. The topological polar surface area (TPSA) is 78.5 Å². The van der Waals surface area contributed by atoms with Crippen LogP contribution in [-0.4, -0.2) is 32.8 Å². The van der Waals surface area contributed by atoms with Crippen molar-refractivity contribution in [3.05, 3.63) is 58.9 Å². The fourth-order valence-electron chi connectivity index (χ4n) is 1.93. The van der Waals surface area contributed by atoms with E-state index in [-0.39, 0.29) is 22.2 Å². The number of anilines is 1. The first-order chi connectivity index (χ1) is 11.7. The van der Waals surface area contributed by atoms with Crippen molar-refractivity contribution in [2.75, 3.05) is 19.4 Å². The van der Waals surface area contributed by atoms with Gasteiger partial charge in [0.1, 0.15) is 5.82 Å². The number of halogens is 2. The molecule has 6 nitrogen and oxygen atoms in total. The lowest BCUT2D eigenvalue weighted by Crippen LogP contribution is -2.28. The molecule has 2 aromatic rings. The Labute approximate surface area is 150 Å². The number of nitrogens with zero attached hydrogens (tertiary/aromatic N) is 1. The second kappa shape index (κ2) is 7.81. The zero-order chi connectivity index (χ0) is 18.6. The summed E-state index contributed by atoms with van der Waals surface area (Å²) >= 11 is 5.83. The molecular formula is C16H17ClFN3O3S. The molecule has 2 amide bonds. The molecular weight excluding hydrogens is 369 g/mol. The molecule has 0 atom stereocenters. The number of urea groups is 1. The van der Waals surface area contributed by atoms with Crippen molar-refractivity contribution in [1.82, 2.24) is 9.62 Å². The normalized spacial score (nSPS) is 11.4. The maximum absolute atomic E-state index is 13.0. The third-order valence-corrected chi connectivity index (χ3v) is 5.48. The van der Waals surface area contributed by atoms with Crippen LogP contribution in [0.3, 0.4) is 0 Å². The minimum atomic E-state index is -3.49. The van der Waals surface area contributed by atoms with E-state index in [1.165, 1.54) is 38.4 Å². The number of hydrogen-bond donors (Lipinski definition) is 2. The number of benzene rings is 2. The molecule has 2 N–H and O–H groups in total. The first-order valence-corrected chi connectivity index (χ1v) is 9.03. The van der Waals surface area contributed by atoms with E-state index in [2.05, 4.69) is 10.6 Å². The van der Waals surface area contributed by atoms with Crippen molar-refractivity contribution in [3.8, 4) is 0 Å². The van der Waals surface area contributed by atoms with Crippen molar-refractivity contribution in [2.45, 2.75) is 11.4 Å². The van der Waals surface area contributed by atoms with Gasteiger partial charge in [0.25, 0.3) is 0 Å². The summed E-state index contributed by atoms with van der Waals surface area (Å²) in [5, 5.41) is 5.21. The van der Waals surface area contributed by atoms with Gasteiger partial charge >= 0.3 is 6.03 Å². The first kappa shape index (κ1) is 19.2. The third-order valence-electron chi connectivity index (χ3n) is 3.33. The molecule has 0 unspecified atom stereocenters. The summed E-state index contributed by atoms with van der Waals surface area (Å²) in [7, 11) is -0.577. The smallest absolute Gasteiger partial charge is 0.319 e. The van der Waals surface area contributed by atoms with Gasteiger partial charge in [-0.25, -0.2) is 21.9 Å². The highest BCUT2D eigenvalue weighted by molar-refractivity contribution is 7.89. The van der Waals surface area contributed by atoms with E-state index < -0.39 is 21.9 Å². The summed E-state index contributed by atoms with van der Waals surface area (Å²) in [5.74, 6) is -0.497. The van der Waals surface area contributed by atoms with E-state index in [1.54, 1.807) is 12.1 Å². The van der Waals surface area contributed by atoms with E-state index >= 15 is 0 Å². The molecule has 0 radical (unpaired) electrons. The Morgan fingerprint density at radius 2 is 1.80 bits per heavy atom. The van der Waals surface area contributed by atoms with E-state index in [4.69, 9.17) is 11.6 Å². The van der Waals surface area contributed by atoms with Gasteiger partial charge in [0.2, 0.25) is 10.0 Å². The Balaban J connectivity index is 1.96. The number of sulfonamides is 1. The van der Waals surface area contributed by atoms with Gasteiger partial charge in [-0.15, -0.1) is 0 Å². The van der Waals surface area contributed by atoms with E-state index in [1.807, 2.05) is 0 Å². The van der Waals surface area contributed by atoms with Crippen LogP contribution in [-0.2, 0) is 16.6 Å². The molecule has 2 aromatic carbocycles. The van der Waals surface area contributed by atoms with Crippen LogP contribution in [0.15, 0.2) is 47.4 Å². The van der Waals surface area contributed by atoms with Gasteiger partial charge in [-0.1, -0.05) is 23.7 Å². The molecule has 2 rings (SSSR count). The quantitative estimate of drug-likeness (QED) is 0.830. The van der Waals surface area contributed by atoms with Crippen LogP contribution in [0.5, 0.6) is 0 Å². The highest BCUT2D eigenvalue weighted by Gasteiger charge is 2.16. The van der Waals surface area contributed by atoms with Crippen LogP contribution in [0, 0.1) is 5.82 Å². The predicted octanol–water partition coefficient (Wildman–Crippen LogP) is 3.05.